The summed E-state index contributed by atoms with van der Waals surface area (Å²) < 4.78 is 0. The van der Waals surface area contributed by atoms with Crippen LogP contribution >= 0.6 is 0 Å². The third kappa shape index (κ3) is 4.55. The minimum absolute atomic E-state index is 0.102. The van der Waals surface area contributed by atoms with Gasteiger partial charge in [0.25, 0.3) is 0 Å². The molecule has 1 rings (SSSR count). The van der Waals surface area contributed by atoms with E-state index in [1.54, 1.807) is 0 Å². The van der Waals surface area contributed by atoms with Gasteiger partial charge in [0.1, 0.15) is 0 Å². The van der Waals surface area contributed by atoms with Crippen molar-refractivity contribution in [3.05, 3.63) is 29.8 Å². The van der Waals surface area contributed by atoms with E-state index in [4.69, 9.17) is 10.2 Å². The lowest BCUT2D eigenvalue weighted by Crippen LogP contribution is -2.25. The predicted molar refractivity (Wildman–Crippen MR) is 63.0 cm³/mol. The molecular formula is C12H15NO4. The smallest absolute Gasteiger partial charge is 0.308 e. The minimum Gasteiger partial charge on any atom is -0.481 e. The van der Waals surface area contributed by atoms with E-state index in [9.17, 15) is 9.59 Å². The summed E-state index contributed by atoms with van der Waals surface area (Å²) in [6.45, 7) is 2.03. The van der Waals surface area contributed by atoms with Crippen molar-refractivity contribution in [1.82, 2.24) is 0 Å². The number of hydrogen-bond acceptors (Lipinski definition) is 3. The van der Waals surface area contributed by atoms with Gasteiger partial charge in [-0.05, 0) is 24.6 Å². The number of carboxylic acid groups (broad SMARTS) is 2. The Labute approximate surface area is 99.1 Å². The first-order valence-electron chi connectivity index (χ1n) is 5.24. The maximum Gasteiger partial charge on any atom is 0.308 e. The van der Waals surface area contributed by atoms with Crippen molar-refractivity contribution >= 4 is 17.6 Å². The molecule has 5 nitrogen and oxygen atoms in total. The summed E-state index contributed by atoms with van der Waals surface area (Å²) >= 11 is 0. The van der Waals surface area contributed by atoms with Crippen LogP contribution in [0, 0.1) is 12.8 Å². The third-order valence-electron chi connectivity index (χ3n) is 2.34. The number of carboxylic acids is 2. The Morgan fingerprint density at radius 1 is 1.35 bits per heavy atom. The number of aliphatic carboxylic acids is 2. The first-order chi connectivity index (χ1) is 7.99. The van der Waals surface area contributed by atoms with E-state index >= 15 is 0 Å². The number of anilines is 1. The predicted octanol–water partition coefficient (Wildman–Crippen LogP) is 1.58. The molecule has 0 heterocycles. The van der Waals surface area contributed by atoms with Crippen LogP contribution in [0.15, 0.2) is 24.3 Å². The lowest BCUT2D eigenvalue weighted by atomic mass is 10.1. The van der Waals surface area contributed by atoms with Gasteiger partial charge in [0.15, 0.2) is 0 Å². The van der Waals surface area contributed by atoms with Gasteiger partial charge in [0.05, 0.1) is 12.3 Å². The van der Waals surface area contributed by atoms with Crippen LogP contribution in [-0.2, 0) is 9.59 Å². The first kappa shape index (κ1) is 13.0. The monoisotopic (exact) mass is 237 g/mol. The first-order valence-corrected chi connectivity index (χ1v) is 5.24. The van der Waals surface area contributed by atoms with E-state index in [-0.39, 0.29) is 13.0 Å². The summed E-state index contributed by atoms with van der Waals surface area (Å²) in [7, 11) is 0. The van der Waals surface area contributed by atoms with Crippen molar-refractivity contribution in [3.8, 4) is 0 Å². The lowest BCUT2D eigenvalue weighted by Gasteiger charge is -2.12. The molecule has 1 aromatic rings. The van der Waals surface area contributed by atoms with Crippen LogP contribution in [0.5, 0.6) is 0 Å². The molecule has 0 saturated carbocycles. The molecule has 3 N–H and O–H groups in total. The summed E-state index contributed by atoms with van der Waals surface area (Å²) in [5, 5.41) is 20.4. The van der Waals surface area contributed by atoms with Crippen molar-refractivity contribution in [1.29, 1.82) is 0 Å². The summed E-state index contributed by atoms with van der Waals surface area (Å²) in [6.07, 6.45) is -0.381. The zero-order valence-corrected chi connectivity index (χ0v) is 9.51. The van der Waals surface area contributed by atoms with Crippen molar-refractivity contribution in [3.63, 3.8) is 0 Å². The van der Waals surface area contributed by atoms with Gasteiger partial charge >= 0.3 is 11.9 Å². The highest BCUT2D eigenvalue weighted by atomic mass is 16.4. The van der Waals surface area contributed by atoms with Crippen molar-refractivity contribution in [2.24, 2.45) is 5.92 Å². The molecule has 0 bridgehead atoms. The Morgan fingerprint density at radius 3 is 2.59 bits per heavy atom. The van der Waals surface area contributed by atoms with Crippen molar-refractivity contribution in [2.75, 3.05) is 11.9 Å². The van der Waals surface area contributed by atoms with Crippen molar-refractivity contribution < 1.29 is 19.8 Å². The van der Waals surface area contributed by atoms with E-state index in [1.807, 2.05) is 31.2 Å². The van der Waals surface area contributed by atoms with E-state index in [0.717, 1.165) is 11.3 Å². The molecule has 1 unspecified atom stereocenters. The molecule has 1 aromatic carbocycles. The average molecular weight is 237 g/mol. The number of hydrogen-bond donors (Lipinski definition) is 3. The van der Waals surface area contributed by atoms with E-state index in [2.05, 4.69) is 5.32 Å². The number of benzene rings is 1. The van der Waals surface area contributed by atoms with Crippen LogP contribution in [0.2, 0.25) is 0 Å². The van der Waals surface area contributed by atoms with Gasteiger partial charge in [-0.25, -0.2) is 0 Å². The molecule has 0 spiro atoms. The molecule has 17 heavy (non-hydrogen) atoms. The van der Waals surface area contributed by atoms with Gasteiger partial charge in [0.2, 0.25) is 0 Å². The highest BCUT2D eigenvalue weighted by Gasteiger charge is 2.20. The second-order valence-corrected chi connectivity index (χ2v) is 3.88. The maximum atomic E-state index is 10.8. The summed E-state index contributed by atoms with van der Waals surface area (Å²) in [6, 6.07) is 7.47. The van der Waals surface area contributed by atoms with Crippen LogP contribution in [-0.4, -0.2) is 28.7 Å². The second kappa shape index (κ2) is 5.89. The molecule has 0 aliphatic heterocycles. The Morgan fingerprint density at radius 2 is 2.06 bits per heavy atom. The van der Waals surface area contributed by atoms with Crippen LogP contribution in [0.3, 0.4) is 0 Å². The molecule has 0 amide bonds. The molecule has 0 aromatic heterocycles. The molecule has 0 aliphatic rings. The van der Waals surface area contributed by atoms with Crippen LogP contribution in [0.1, 0.15) is 12.0 Å². The Hall–Kier alpha value is -2.04. The topological polar surface area (TPSA) is 86.6 Å². The third-order valence-corrected chi connectivity index (χ3v) is 2.34. The number of carbonyl (C=O) groups is 2. The largest absolute Gasteiger partial charge is 0.481 e. The van der Waals surface area contributed by atoms with Gasteiger partial charge in [-0.15, -0.1) is 0 Å². The highest BCUT2D eigenvalue weighted by Crippen LogP contribution is 2.11. The van der Waals surface area contributed by atoms with E-state index in [0.29, 0.717) is 0 Å². The molecule has 5 heteroatoms. The van der Waals surface area contributed by atoms with Crippen LogP contribution < -0.4 is 5.32 Å². The van der Waals surface area contributed by atoms with E-state index < -0.39 is 17.9 Å². The SMILES string of the molecule is Cc1cccc(NCC(CC(=O)O)C(=O)O)c1. The molecule has 0 fully saturated rings. The maximum absolute atomic E-state index is 10.8. The zero-order valence-electron chi connectivity index (χ0n) is 9.51. The number of aryl methyl sites for hydroxylation is 1. The van der Waals surface area contributed by atoms with Gasteiger partial charge < -0.3 is 15.5 Å². The molecule has 0 radical (unpaired) electrons. The standard InChI is InChI=1S/C12H15NO4/c1-8-3-2-4-10(5-8)13-7-9(12(16)17)6-11(14)15/h2-5,9,13H,6-7H2,1H3,(H,14,15)(H,16,17). The molecule has 92 valence electrons. The molecule has 1 atom stereocenters. The molecule has 0 saturated heterocycles. The fourth-order valence-electron chi connectivity index (χ4n) is 1.45. The quantitative estimate of drug-likeness (QED) is 0.699. The van der Waals surface area contributed by atoms with E-state index in [1.165, 1.54) is 0 Å². The highest BCUT2D eigenvalue weighted by molar-refractivity contribution is 5.78. The summed E-state index contributed by atoms with van der Waals surface area (Å²) in [5.41, 5.74) is 1.85. The molecule has 0 aliphatic carbocycles. The Bertz CT molecular complexity index is 417. The van der Waals surface area contributed by atoms with Crippen LogP contribution in [0.4, 0.5) is 5.69 Å². The van der Waals surface area contributed by atoms with Gasteiger partial charge in [0, 0.05) is 12.2 Å². The fraction of sp³-hybridized carbons (Fsp3) is 0.333. The number of rotatable bonds is 6. The average Bonchev–Trinajstić information content (AvgIpc) is 2.23. The zero-order chi connectivity index (χ0) is 12.8. The van der Waals surface area contributed by atoms with Crippen LogP contribution in [0.25, 0.3) is 0 Å². The Kier molecular flexibility index (Phi) is 4.51. The minimum atomic E-state index is -1.11. The van der Waals surface area contributed by atoms with Gasteiger partial charge in [-0.3, -0.25) is 9.59 Å². The Balaban J connectivity index is 2.57. The summed E-state index contributed by atoms with van der Waals surface area (Å²) in [4.78, 5) is 21.3. The summed E-state index contributed by atoms with van der Waals surface area (Å²) in [5.74, 6) is -3.14. The van der Waals surface area contributed by atoms with Gasteiger partial charge in [-0.2, -0.15) is 0 Å². The van der Waals surface area contributed by atoms with Crippen molar-refractivity contribution in [2.45, 2.75) is 13.3 Å². The lowest BCUT2D eigenvalue weighted by molar-refractivity contribution is -0.147. The second-order valence-electron chi connectivity index (χ2n) is 3.88. The fourth-order valence-corrected chi connectivity index (χ4v) is 1.45. The number of nitrogens with one attached hydrogen (secondary N) is 1. The van der Waals surface area contributed by atoms with Gasteiger partial charge in [-0.1, -0.05) is 12.1 Å². The normalized spacial score (nSPS) is 11.8. The molecular weight excluding hydrogens is 222 g/mol.